The van der Waals surface area contributed by atoms with Gasteiger partial charge in [-0.1, -0.05) is 50.7 Å². The highest BCUT2D eigenvalue weighted by molar-refractivity contribution is 5.90. The molecular weight excluding hydrogens is 440 g/mol. The molecule has 198 valence electrons. The highest BCUT2D eigenvalue weighted by Gasteiger charge is 2.33. The van der Waals surface area contributed by atoms with Crippen LogP contribution in [0.3, 0.4) is 0 Å². The number of ether oxygens (including phenoxy) is 1. The molecular formula is C28H48N4O3. The van der Waals surface area contributed by atoms with Crippen molar-refractivity contribution in [3.05, 3.63) is 29.8 Å². The number of rotatable bonds is 3. The first kappa shape index (κ1) is 27.9. The summed E-state index contributed by atoms with van der Waals surface area (Å²) in [5, 5.41) is 8.80. The van der Waals surface area contributed by atoms with Gasteiger partial charge in [0.1, 0.15) is 11.3 Å². The molecule has 2 saturated heterocycles. The van der Waals surface area contributed by atoms with E-state index in [0.29, 0.717) is 16.8 Å². The number of carbonyl (C=O) groups is 1. The van der Waals surface area contributed by atoms with Crippen molar-refractivity contribution in [2.24, 2.45) is 0 Å². The molecule has 0 amide bonds. The van der Waals surface area contributed by atoms with Gasteiger partial charge in [-0.15, -0.1) is 0 Å². The van der Waals surface area contributed by atoms with Crippen molar-refractivity contribution < 1.29 is 14.6 Å². The molecule has 35 heavy (non-hydrogen) atoms. The maximum atomic E-state index is 10.7. The fourth-order valence-electron chi connectivity index (χ4n) is 5.86. The van der Waals surface area contributed by atoms with Gasteiger partial charge in [0.15, 0.2) is 0 Å². The second-order valence-electron chi connectivity index (χ2n) is 11.0. The van der Waals surface area contributed by atoms with Crippen LogP contribution in [0, 0.1) is 0 Å². The fraction of sp³-hybridized carbons (Fsp3) is 0.750. The fourth-order valence-corrected chi connectivity index (χ4v) is 5.86. The molecule has 5 rings (SSSR count). The average molecular weight is 489 g/mol. The largest absolute Gasteiger partial charge is 0.490 e. The topological polar surface area (TPSA) is 94.6 Å². The van der Waals surface area contributed by atoms with Gasteiger partial charge in [0.05, 0.1) is 6.10 Å². The lowest BCUT2D eigenvalue weighted by Gasteiger charge is -2.41. The summed E-state index contributed by atoms with van der Waals surface area (Å²) in [4.78, 5) is 10.7. The molecule has 2 aliphatic carbocycles. The molecule has 2 spiro atoms. The van der Waals surface area contributed by atoms with E-state index in [-0.39, 0.29) is 11.7 Å². The number of carboxylic acids is 1. The van der Waals surface area contributed by atoms with Crippen molar-refractivity contribution >= 4 is 5.97 Å². The van der Waals surface area contributed by atoms with Crippen LogP contribution in [0.5, 0.6) is 5.75 Å². The molecule has 1 aromatic carbocycles. The summed E-state index contributed by atoms with van der Waals surface area (Å²) in [6, 6.07) is 6.62. The predicted octanol–water partition coefficient (Wildman–Crippen LogP) is 5.33. The summed E-state index contributed by atoms with van der Waals surface area (Å²) in [5.74, 6) is -0.541. The third-order valence-electron chi connectivity index (χ3n) is 7.72. The van der Waals surface area contributed by atoms with E-state index >= 15 is 0 Å². The van der Waals surface area contributed by atoms with Crippen LogP contribution in [0.2, 0.25) is 0 Å². The van der Waals surface area contributed by atoms with Crippen LogP contribution in [0.25, 0.3) is 0 Å². The minimum atomic E-state index is -0.962. The van der Waals surface area contributed by atoms with E-state index < -0.39 is 5.97 Å². The van der Waals surface area contributed by atoms with Crippen molar-refractivity contribution in [2.45, 2.75) is 121 Å². The number of nitrogens with one attached hydrogen (secondary N) is 4. The Labute approximate surface area is 212 Å². The smallest absolute Gasteiger partial charge is 0.339 e. The lowest BCUT2D eigenvalue weighted by Crippen LogP contribution is -2.57. The van der Waals surface area contributed by atoms with Crippen LogP contribution in [-0.4, -0.2) is 41.3 Å². The molecule has 0 unspecified atom stereocenters. The van der Waals surface area contributed by atoms with Gasteiger partial charge in [0.25, 0.3) is 0 Å². The van der Waals surface area contributed by atoms with Crippen LogP contribution in [0.4, 0.5) is 0 Å². The Hall–Kier alpha value is -1.67. The van der Waals surface area contributed by atoms with E-state index in [0.717, 1.165) is 13.1 Å². The summed E-state index contributed by atoms with van der Waals surface area (Å²) < 4.78 is 5.33. The van der Waals surface area contributed by atoms with Crippen molar-refractivity contribution in [1.29, 1.82) is 0 Å². The minimum Gasteiger partial charge on any atom is -0.490 e. The predicted molar refractivity (Wildman–Crippen MR) is 142 cm³/mol. The molecule has 4 aliphatic rings. The highest BCUT2D eigenvalue weighted by Crippen LogP contribution is 2.33. The zero-order chi connectivity index (χ0) is 25.0. The number of benzene rings is 1. The van der Waals surface area contributed by atoms with E-state index in [1.807, 2.05) is 13.8 Å². The Kier molecular flexibility index (Phi) is 11.3. The first-order chi connectivity index (χ1) is 16.9. The van der Waals surface area contributed by atoms with E-state index in [9.17, 15) is 4.79 Å². The summed E-state index contributed by atoms with van der Waals surface area (Å²) in [7, 11) is 0. The lowest BCUT2D eigenvalue weighted by molar-refractivity contribution is 0.0690. The van der Waals surface area contributed by atoms with E-state index in [1.54, 1.807) is 18.2 Å². The van der Waals surface area contributed by atoms with Gasteiger partial charge in [-0.25, -0.2) is 4.79 Å². The van der Waals surface area contributed by atoms with Crippen LogP contribution in [0.1, 0.15) is 114 Å². The van der Waals surface area contributed by atoms with Gasteiger partial charge >= 0.3 is 5.97 Å². The molecule has 0 aromatic heterocycles. The second-order valence-corrected chi connectivity index (χ2v) is 11.0. The summed E-state index contributed by atoms with van der Waals surface area (Å²) in [6.07, 6.45) is 19.6. The lowest BCUT2D eigenvalue weighted by atomic mass is 9.78. The molecule has 0 radical (unpaired) electrons. The van der Waals surface area contributed by atoms with Crippen molar-refractivity contribution in [3.63, 3.8) is 0 Å². The monoisotopic (exact) mass is 488 g/mol. The van der Waals surface area contributed by atoms with Crippen LogP contribution < -0.4 is 26.4 Å². The number of hydrazine groups is 2. The minimum absolute atomic E-state index is 0.0134. The Balaban J connectivity index is 0.000000147. The van der Waals surface area contributed by atoms with Crippen molar-refractivity contribution in [2.75, 3.05) is 13.1 Å². The van der Waals surface area contributed by atoms with E-state index in [1.165, 1.54) is 96.0 Å². The number of aromatic carboxylic acids is 1. The molecule has 7 heteroatoms. The van der Waals surface area contributed by atoms with Crippen molar-refractivity contribution in [3.8, 4) is 5.75 Å². The molecule has 4 fully saturated rings. The normalized spacial score (nSPS) is 22.9. The van der Waals surface area contributed by atoms with Crippen LogP contribution >= 0.6 is 0 Å². The van der Waals surface area contributed by atoms with E-state index in [2.05, 4.69) is 21.7 Å². The number of para-hydroxylation sites is 1. The van der Waals surface area contributed by atoms with Gasteiger partial charge in [-0.3, -0.25) is 21.7 Å². The molecule has 0 bridgehead atoms. The Morgan fingerprint density at radius 3 is 1.63 bits per heavy atom. The third kappa shape index (κ3) is 9.05. The molecule has 5 N–H and O–H groups in total. The standard InChI is InChI=1S/C10H12O3.2C9H18N2/c1-7(2)13-9-6-4-3-5-8(9)10(11)12;2*1-2-5-9(6-3-1)7-4-8-10-11-9/h3-7H,1-2H3,(H,11,12);2*10-11H,1-8H2. The molecule has 0 atom stereocenters. The zero-order valence-electron chi connectivity index (χ0n) is 22.0. The first-order valence-electron chi connectivity index (χ1n) is 13.9. The molecule has 2 saturated carbocycles. The number of carboxylic acid groups (broad SMARTS) is 1. The summed E-state index contributed by atoms with van der Waals surface area (Å²) in [6.45, 7) is 6.03. The third-order valence-corrected chi connectivity index (χ3v) is 7.72. The van der Waals surface area contributed by atoms with Gasteiger partial charge in [-0.2, -0.15) is 0 Å². The molecule has 1 aromatic rings. The second kappa shape index (κ2) is 14.2. The molecule has 7 nitrogen and oxygen atoms in total. The highest BCUT2D eigenvalue weighted by atomic mass is 16.5. The Bertz CT molecular complexity index is 675. The Morgan fingerprint density at radius 1 is 0.771 bits per heavy atom. The van der Waals surface area contributed by atoms with Crippen molar-refractivity contribution in [1.82, 2.24) is 21.7 Å². The maximum absolute atomic E-state index is 10.7. The SMILES string of the molecule is C1CCC2(CC1)CCCNN2.C1CCC2(CC1)CCCNN2.CC(C)Oc1ccccc1C(=O)O. The van der Waals surface area contributed by atoms with Crippen LogP contribution in [-0.2, 0) is 0 Å². The summed E-state index contributed by atoms with van der Waals surface area (Å²) >= 11 is 0. The molecule has 2 heterocycles. The summed E-state index contributed by atoms with van der Waals surface area (Å²) in [5.41, 5.74) is 14.8. The first-order valence-corrected chi connectivity index (χ1v) is 13.9. The Morgan fingerprint density at radius 2 is 1.23 bits per heavy atom. The molecule has 2 aliphatic heterocycles. The van der Waals surface area contributed by atoms with Gasteiger partial charge < -0.3 is 9.84 Å². The van der Waals surface area contributed by atoms with Gasteiger partial charge in [0, 0.05) is 24.2 Å². The number of hydrogen-bond acceptors (Lipinski definition) is 6. The quantitative estimate of drug-likeness (QED) is 0.393. The number of hydrogen-bond donors (Lipinski definition) is 5. The van der Waals surface area contributed by atoms with E-state index in [4.69, 9.17) is 9.84 Å². The van der Waals surface area contributed by atoms with Crippen LogP contribution in [0.15, 0.2) is 24.3 Å². The van der Waals surface area contributed by atoms with Gasteiger partial charge in [0.2, 0.25) is 0 Å². The maximum Gasteiger partial charge on any atom is 0.339 e. The average Bonchev–Trinajstić information content (AvgIpc) is 2.87. The zero-order valence-corrected chi connectivity index (χ0v) is 22.0. The van der Waals surface area contributed by atoms with Gasteiger partial charge in [-0.05, 0) is 77.3 Å².